The maximum Gasteiger partial charge on any atom is 0.258 e. The molecular formula is C22H39ClN2O3. The van der Waals surface area contributed by atoms with Crippen molar-refractivity contribution in [3.8, 4) is 11.5 Å². The second kappa shape index (κ2) is 14.5. The Bertz CT molecular complexity index is 559. The van der Waals surface area contributed by atoms with Gasteiger partial charge in [0.1, 0.15) is 0 Å². The Kier molecular flexibility index (Phi) is 13.8. The number of unbranched alkanes of at least 4 members (excludes halogenated alkanes) is 5. The van der Waals surface area contributed by atoms with E-state index in [4.69, 9.17) is 9.47 Å². The largest absolute Gasteiger partial charge is 0.493 e. The first kappa shape index (κ1) is 26.5. The van der Waals surface area contributed by atoms with Gasteiger partial charge in [-0.1, -0.05) is 45.1 Å². The van der Waals surface area contributed by atoms with Gasteiger partial charge in [0.15, 0.2) is 18.1 Å². The number of halogens is 1. The molecule has 0 saturated carbocycles. The zero-order valence-corrected chi connectivity index (χ0v) is 19.0. The highest BCUT2D eigenvalue weighted by Gasteiger charge is 2.15. The van der Waals surface area contributed by atoms with Crippen LogP contribution in [-0.4, -0.2) is 31.7 Å². The maximum atomic E-state index is 11.9. The first-order valence-electron chi connectivity index (χ1n) is 10.2. The summed E-state index contributed by atoms with van der Waals surface area (Å²) in [7, 11) is 1.62. The summed E-state index contributed by atoms with van der Waals surface area (Å²) >= 11 is 0. The van der Waals surface area contributed by atoms with Gasteiger partial charge in [0.25, 0.3) is 5.91 Å². The molecule has 28 heavy (non-hydrogen) atoms. The second-order valence-electron chi connectivity index (χ2n) is 8.02. The van der Waals surface area contributed by atoms with Gasteiger partial charge in [-0.05, 0) is 51.4 Å². The average Bonchev–Trinajstić information content (AvgIpc) is 2.61. The van der Waals surface area contributed by atoms with E-state index in [-0.39, 0.29) is 30.5 Å². The third kappa shape index (κ3) is 12.1. The van der Waals surface area contributed by atoms with E-state index in [1.54, 1.807) is 7.11 Å². The van der Waals surface area contributed by atoms with E-state index < -0.39 is 0 Å². The maximum absolute atomic E-state index is 11.9. The van der Waals surface area contributed by atoms with Crippen LogP contribution in [0.2, 0.25) is 0 Å². The predicted molar refractivity (Wildman–Crippen MR) is 119 cm³/mol. The number of amides is 1. The van der Waals surface area contributed by atoms with Crippen molar-refractivity contribution in [3.05, 3.63) is 23.8 Å². The Balaban J connectivity index is 0.00000729. The predicted octanol–water partition coefficient (Wildman–Crippen LogP) is 4.86. The summed E-state index contributed by atoms with van der Waals surface area (Å²) in [6, 6.07) is 5.84. The fourth-order valence-corrected chi connectivity index (χ4v) is 2.80. The number of methoxy groups -OCH3 is 1. The lowest BCUT2D eigenvalue weighted by Crippen LogP contribution is -2.43. The summed E-state index contributed by atoms with van der Waals surface area (Å²) in [4.78, 5) is 11.9. The van der Waals surface area contributed by atoms with Gasteiger partial charge in [-0.15, -0.1) is 12.4 Å². The molecule has 2 N–H and O–H groups in total. The molecule has 0 unspecified atom stereocenters. The molecule has 1 aromatic rings. The molecule has 6 heteroatoms. The van der Waals surface area contributed by atoms with E-state index in [0.717, 1.165) is 18.7 Å². The molecule has 0 atom stereocenters. The van der Waals surface area contributed by atoms with Gasteiger partial charge in [-0.25, -0.2) is 0 Å². The Morgan fingerprint density at radius 3 is 2.36 bits per heavy atom. The molecule has 0 heterocycles. The minimum atomic E-state index is -0.268. The standard InChI is InChI=1S/C22H38N2O3.ClH/c1-6-7-8-9-10-11-14-23-16-18-12-13-19(20(15-18)26-5)27-17-21(25)24-22(2,3)4;/h12-13,15,23H,6-11,14,16-17H2,1-5H3,(H,24,25);1H. The van der Waals surface area contributed by atoms with E-state index in [0.29, 0.717) is 11.5 Å². The summed E-state index contributed by atoms with van der Waals surface area (Å²) in [6.07, 6.45) is 7.83. The zero-order valence-electron chi connectivity index (χ0n) is 18.2. The van der Waals surface area contributed by atoms with Gasteiger partial charge in [0.2, 0.25) is 0 Å². The molecule has 1 amide bonds. The van der Waals surface area contributed by atoms with Crippen LogP contribution in [0.1, 0.15) is 71.8 Å². The van der Waals surface area contributed by atoms with E-state index in [1.165, 1.54) is 38.5 Å². The zero-order chi connectivity index (χ0) is 20.1. The fraction of sp³-hybridized carbons (Fsp3) is 0.682. The first-order valence-corrected chi connectivity index (χ1v) is 10.2. The van der Waals surface area contributed by atoms with E-state index >= 15 is 0 Å². The molecule has 0 bridgehead atoms. The third-order valence-electron chi connectivity index (χ3n) is 4.14. The van der Waals surface area contributed by atoms with Crippen molar-refractivity contribution in [2.24, 2.45) is 0 Å². The minimum Gasteiger partial charge on any atom is -0.493 e. The summed E-state index contributed by atoms with van der Waals surface area (Å²) < 4.78 is 11.0. The van der Waals surface area contributed by atoms with Crippen LogP contribution in [-0.2, 0) is 11.3 Å². The van der Waals surface area contributed by atoms with Crippen LogP contribution < -0.4 is 20.1 Å². The second-order valence-corrected chi connectivity index (χ2v) is 8.02. The first-order chi connectivity index (χ1) is 12.9. The molecule has 0 aliphatic carbocycles. The monoisotopic (exact) mass is 414 g/mol. The van der Waals surface area contributed by atoms with Crippen LogP contribution in [0.15, 0.2) is 18.2 Å². The molecule has 0 aromatic heterocycles. The summed E-state index contributed by atoms with van der Waals surface area (Å²) in [6.45, 7) is 9.88. The van der Waals surface area contributed by atoms with Crippen molar-refractivity contribution in [1.29, 1.82) is 0 Å². The SMILES string of the molecule is CCCCCCCCNCc1ccc(OCC(=O)NC(C)(C)C)c(OC)c1.Cl. The Morgan fingerprint density at radius 2 is 1.71 bits per heavy atom. The summed E-state index contributed by atoms with van der Waals surface area (Å²) in [5.74, 6) is 1.09. The molecule has 0 radical (unpaired) electrons. The van der Waals surface area contributed by atoms with Gasteiger partial charge in [-0.3, -0.25) is 4.79 Å². The van der Waals surface area contributed by atoms with Crippen LogP contribution in [0.3, 0.4) is 0 Å². The Morgan fingerprint density at radius 1 is 1.04 bits per heavy atom. The van der Waals surface area contributed by atoms with Gasteiger partial charge in [0.05, 0.1) is 7.11 Å². The number of nitrogens with one attached hydrogen (secondary N) is 2. The van der Waals surface area contributed by atoms with Gasteiger partial charge >= 0.3 is 0 Å². The quantitative estimate of drug-likeness (QED) is 0.452. The van der Waals surface area contributed by atoms with Crippen LogP contribution in [0.25, 0.3) is 0 Å². The summed E-state index contributed by atoms with van der Waals surface area (Å²) in [5, 5.41) is 6.36. The molecule has 1 rings (SSSR count). The van der Waals surface area contributed by atoms with E-state index in [2.05, 4.69) is 17.6 Å². The molecule has 0 aliphatic heterocycles. The van der Waals surface area contributed by atoms with Crippen LogP contribution >= 0.6 is 12.4 Å². The number of hydrogen-bond donors (Lipinski definition) is 2. The molecule has 0 spiro atoms. The van der Waals surface area contributed by atoms with Crippen molar-refractivity contribution in [3.63, 3.8) is 0 Å². The number of ether oxygens (including phenoxy) is 2. The molecular weight excluding hydrogens is 376 g/mol. The van der Waals surface area contributed by atoms with Crippen molar-refractivity contribution in [1.82, 2.24) is 10.6 Å². The van der Waals surface area contributed by atoms with E-state index in [1.807, 2.05) is 39.0 Å². The van der Waals surface area contributed by atoms with Crippen molar-refractivity contribution in [2.75, 3.05) is 20.3 Å². The topological polar surface area (TPSA) is 59.6 Å². The van der Waals surface area contributed by atoms with Crippen LogP contribution in [0.5, 0.6) is 11.5 Å². The van der Waals surface area contributed by atoms with Gasteiger partial charge in [0, 0.05) is 12.1 Å². The summed E-state index contributed by atoms with van der Waals surface area (Å²) in [5.41, 5.74) is 0.875. The van der Waals surface area contributed by atoms with Gasteiger partial charge in [-0.2, -0.15) is 0 Å². The number of carbonyl (C=O) groups excluding carboxylic acids is 1. The van der Waals surface area contributed by atoms with E-state index in [9.17, 15) is 4.79 Å². The lowest BCUT2D eigenvalue weighted by Gasteiger charge is -2.20. The third-order valence-corrected chi connectivity index (χ3v) is 4.14. The van der Waals surface area contributed by atoms with Crippen LogP contribution in [0, 0.1) is 0 Å². The molecule has 0 aliphatic rings. The lowest BCUT2D eigenvalue weighted by molar-refractivity contribution is -0.124. The van der Waals surface area contributed by atoms with Crippen molar-refractivity contribution >= 4 is 18.3 Å². The number of hydrogen-bond acceptors (Lipinski definition) is 4. The smallest absolute Gasteiger partial charge is 0.258 e. The normalized spacial score (nSPS) is 10.9. The Hall–Kier alpha value is -1.46. The number of benzene rings is 1. The molecule has 162 valence electrons. The van der Waals surface area contributed by atoms with Crippen LogP contribution in [0.4, 0.5) is 0 Å². The highest BCUT2D eigenvalue weighted by molar-refractivity contribution is 5.85. The Labute approximate surface area is 177 Å². The number of carbonyl (C=O) groups is 1. The highest BCUT2D eigenvalue weighted by Crippen LogP contribution is 2.28. The molecule has 5 nitrogen and oxygen atoms in total. The molecule has 0 saturated heterocycles. The minimum absolute atomic E-state index is 0. The fourth-order valence-electron chi connectivity index (χ4n) is 2.80. The average molecular weight is 415 g/mol. The number of rotatable bonds is 13. The molecule has 1 aromatic carbocycles. The highest BCUT2D eigenvalue weighted by atomic mass is 35.5. The van der Waals surface area contributed by atoms with Gasteiger partial charge < -0.3 is 20.1 Å². The lowest BCUT2D eigenvalue weighted by atomic mass is 10.1. The molecule has 0 fully saturated rings. The van der Waals surface area contributed by atoms with Crippen molar-refractivity contribution < 1.29 is 14.3 Å². The van der Waals surface area contributed by atoms with Crippen molar-refractivity contribution in [2.45, 2.75) is 78.3 Å².